The Kier molecular flexibility index (Phi) is 23.2. The lowest BCUT2D eigenvalue weighted by atomic mass is 10.1. The standard InChI is InChI=1S/C20H27N3O7.C13H10N2O7.C13H22N2O3.C11H17NO3/c1-13-11-14(23(12-13)19(27)30-20(2,3)4)17-22(8-9-28-17)18(26)29-10-7-21-15(24)5-6-16(21)25;16-11-5-6-12(17)14(11)7-8-21-13(18)22-10-3-1-9(2-4-10)15(19)20;1-9-7-10(11-14-5-6-17-11)15(8-9)12(16)18-13(2,3)4;1-8-5-9(7-13)12(6-8)10(14)15-11(2,3)4/h5-6,14,17H,1,7-12H2,2-4H3;1-6H,7-8H2;10-11,14H,1,5-8H2,2-4H3;7,9H,1,5-6H2,2-4H3/t14-,17?;;10-,11?;9-/m0.00/s1. The number of rotatable bonds is 11. The number of hydrogen-bond donors (Lipinski definition) is 1. The van der Waals surface area contributed by atoms with Crippen LogP contribution in [0.3, 0.4) is 0 Å². The average Bonchev–Trinajstić information content (AvgIpc) is 2.68. The maximum absolute atomic E-state index is 12.6. The van der Waals surface area contributed by atoms with Gasteiger partial charge in [-0.3, -0.25) is 64.0 Å². The summed E-state index contributed by atoms with van der Waals surface area (Å²) in [6.07, 6.45) is 3.46. The summed E-state index contributed by atoms with van der Waals surface area (Å²) in [6.45, 7) is 31.0. The Morgan fingerprint density at radius 1 is 0.624 bits per heavy atom. The van der Waals surface area contributed by atoms with Crippen LogP contribution in [-0.2, 0) is 57.1 Å². The number of non-ortho nitro benzene ring substituents is 1. The summed E-state index contributed by atoms with van der Waals surface area (Å²) < 4.78 is 42.2. The van der Waals surface area contributed by atoms with Crippen molar-refractivity contribution in [2.45, 2.75) is 129 Å². The van der Waals surface area contributed by atoms with Gasteiger partial charge in [0.25, 0.3) is 29.3 Å². The smallest absolute Gasteiger partial charge is 0.447 e. The van der Waals surface area contributed by atoms with Crippen LogP contribution in [0.5, 0.6) is 5.75 Å². The first kappa shape index (κ1) is 67.3. The predicted molar refractivity (Wildman–Crippen MR) is 300 cm³/mol. The molecule has 1 aromatic rings. The second kappa shape index (κ2) is 29.3. The fourth-order valence-corrected chi connectivity index (χ4v) is 8.98. The number of imide groups is 2. The fraction of sp³-hybridized carbons (Fsp3) is 0.544. The van der Waals surface area contributed by atoms with Gasteiger partial charge in [0.1, 0.15) is 48.3 Å². The molecule has 0 spiro atoms. The van der Waals surface area contributed by atoms with Crippen LogP contribution < -0.4 is 10.1 Å². The Hall–Kier alpha value is -8.50. The zero-order chi connectivity index (χ0) is 63.1. The van der Waals surface area contributed by atoms with Crippen LogP contribution in [0.1, 0.15) is 81.6 Å². The average molecular weight is 1190 g/mol. The lowest BCUT2D eigenvalue weighted by molar-refractivity contribution is -0.384. The number of carbonyl (C=O) groups excluding carboxylic acids is 10. The van der Waals surface area contributed by atoms with E-state index in [1.54, 1.807) is 46.4 Å². The number of aldehydes is 1. The van der Waals surface area contributed by atoms with Gasteiger partial charge in [0.05, 0.1) is 55.9 Å². The molecular formula is C57H76N8O20. The van der Waals surface area contributed by atoms with Crippen LogP contribution in [-0.4, -0.2) is 214 Å². The number of carbonyl (C=O) groups is 10. The minimum atomic E-state index is -1.04. The Morgan fingerprint density at radius 2 is 1.07 bits per heavy atom. The van der Waals surface area contributed by atoms with Crippen molar-refractivity contribution < 1.29 is 90.8 Å². The van der Waals surface area contributed by atoms with Gasteiger partial charge < -0.3 is 42.7 Å². The van der Waals surface area contributed by atoms with E-state index in [1.165, 1.54) is 51.1 Å². The molecule has 0 radical (unpaired) electrons. The summed E-state index contributed by atoms with van der Waals surface area (Å²) in [6, 6.07) is 4.00. The van der Waals surface area contributed by atoms with Crippen LogP contribution in [0.25, 0.3) is 0 Å². The molecule has 1 N–H and O–H groups in total. The molecule has 5 atom stereocenters. The van der Waals surface area contributed by atoms with Crippen LogP contribution >= 0.6 is 0 Å². The molecule has 1 aromatic carbocycles. The van der Waals surface area contributed by atoms with Crippen molar-refractivity contribution in [1.29, 1.82) is 0 Å². The molecular weight excluding hydrogens is 1120 g/mol. The monoisotopic (exact) mass is 1190 g/mol. The number of ether oxygens (including phenoxy) is 8. The molecule has 2 unspecified atom stereocenters. The molecule has 5 fully saturated rings. The zero-order valence-electron chi connectivity index (χ0n) is 49.4. The number of likely N-dealkylation sites (tertiary alicyclic amines) is 3. The Labute approximate surface area is 492 Å². The molecule has 28 heteroatoms. The third-order valence-electron chi connectivity index (χ3n) is 12.6. The van der Waals surface area contributed by atoms with E-state index in [0.717, 1.165) is 57.9 Å². The highest BCUT2D eigenvalue weighted by atomic mass is 16.7. The van der Waals surface area contributed by atoms with E-state index in [-0.39, 0.29) is 56.1 Å². The summed E-state index contributed by atoms with van der Waals surface area (Å²) in [5, 5.41) is 13.7. The number of nitrogens with zero attached hydrogens (tertiary/aromatic N) is 7. The van der Waals surface area contributed by atoms with Crippen molar-refractivity contribution in [3.8, 4) is 5.75 Å². The first-order chi connectivity index (χ1) is 39.7. The quantitative estimate of drug-likeness (QED) is 0.0414. The van der Waals surface area contributed by atoms with Gasteiger partial charge in [-0.1, -0.05) is 36.5 Å². The van der Waals surface area contributed by atoms with E-state index in [2.05, 4.69) is 25.1 Å². The lowest BCUT2D eigenvalue weighted by Gasteiger charge is -2.34. The summed E-state index contributed by atoms with van der Waals surface area (Å²) in [5.41, 5.74) is 0.970. The normalized spacial score (nSPS) is 21.9. The van der Waals surface area contributed by atoms with E-state index in [1.807, 2.05) is 20.8 Å². The van der Waals surface area contributed by atoms with Crippen LogP contribution in [0.4, 0.5) is 29.7 Å². The maximum Gasteiger partial charge on any atom is 0.513 e. The molecule has 0 aromatic heterocycles. The predicted octanol–water partition coefficient (Wildman–Crippen LogP) is 5.56. The molecule has 464 valence electrons. The van der Waals surface area contributed by atoms with Gasteiger partial charge in [-0.2, -0.15) is 0 Å². The van der Waals surface area contributed by atoms with E-state index >= 15 is 0 Å². The van der Waals surface area contributed by atoms with Gasteiger partial charge in [0.2, 0.25) is 0 Å². The molecule has 0 bridgehead atoms. The summed E-state index contributed by atoms with van der Waals surface area (Å²) >= 11 is 0. The highest BCUT2D eigenvalue weighted by molar-refractivity contribution is 6.13. The van der Waals surface area contributed by atoms with Crippen molar-refractivity contribution in [2.75, 3.05) is 72.2 Å². The third-order valence-corrected chi connectivity index (χ3v) is 12.6. The SMILES string of the molecule is C=C1C[C@@H](C2NCCO2)N(C(=O)OC(C)(C)C)C1.C=C1C[C@@H](C2OCCN2C(=O)OCCN2C(=O)C=CC2=O)N(C(=O)OC(C)(C)C)C1.C=C1C[C@@H](C=O)N(C(=O)OC(C)(C)C)C1.O=C(OCCN1C(=O)C=CC1=O)Oc1ccc([N+](=O)[O-])cc1. The van der Waals surface area contributed by atoms with Gasteiger partial charge in [0, 0.05) is 62.6 Å². The molecule has 8 amide bonds. The minimum absolute atomic E-state index is 0.00477. The third kappa shape index (κ3) is 20.4. The largest absolute Gasteiger partial charge is 0.513 e. The molecule has 0 saturated carbocycles. The van der Waals surface area contributed by atoms with Crippen molar-refractivity contribution >= 4 is 66.1 Å². The summed E-state index contributed by atoms with van der Waals surface area (Å²) in [4.78, 5) is 135. The van der Waals surface area contributed by atoms with Gasteiger partial charge in [0.15, 0.2) is 6.23 Å². The molecule has 5 saturated heterocycles. The van der Waals surface area contributed by atoms with E-state index in [0.29, 0.717) is 52.2 Å². The van der Waals surface area contributed by atoms with E-state index in [9.17, 15) is 58.1 Å². The van der Waals surface area contributed by atoms with Crippen LogP contribution in [0.15, 0.2) is 85.0 Å². The van der Waals surface area contributed by atoms with Gasteiger partial charge in [-0.15, -0.1) is 0 Å². The molecule has 7 heterocycles. The molecule has 8 rings (SSSR count). The molecule has 0 aliphatic carbocycles. The Morgan fingerprint density at radius 3 is 1.53 bits per heavy atom. The van der Waals surface area contributed by atoms with E-state index < -0.39 is 88.1 Å². The number of nitrogens with one attached hydrogen (secondary N) is 1. The highest BCUT2D eigenvalue weighted by Gasteiger charge is 2.46. The van der Waals surface area contributed by atoms with Crippen LogP contribution in [0.2, 0.25) is 0 Å². The second-order valence-corrected chi connectivity index (χ2v) is 23.1. The number of benzene rings is 1. The molecule has 7 aliphatic rings. The first-order valence-corrected chi connectivity index (χ1v) is 27.2. The molecule has 28 nitrogen and oxygen atoms in total. The fourth-order valence-electron chi connectivity index (χ4n) is 8.98. The maximum atomic E-state index is 12.6. The van der Waals surface area contributed by atoms with Crippen LogP contribution in [0, 0.1) is 10.1 Å². The Balaban J connectivity index is 0.000000214. The van der Waals surface area contributed by atoms with Gasteiger partial charge in [-0.25, -0.2) is 24.0 Å². The molecule has 85 heavy (non-hydrogen) atoms. The van der Waals surface area contributed by atoms with Crippen molar-refractivity contribution in [1.82, 2.24) is 34.7 Å². The minimum Gasteiger partial charge on any atom is -0.447 e. The number of nitro benzene ring substituents is 1. The van der Waals surface area contributed by atoms with E-state index in [4.69, 9.17) is 37.9 Å². The van der Waals surface area contributed by atoms with Crippen molar-refractivity contribution in [3.05, 3.63) is 95.1 Å². The zero-order valence-corrected chi connectivity index (χ0v) is 49.4. The highest BCUT2D eigenvalue weighted by Crippen LogP contribution is 2.32. The molecule has 7 aliphatic heterocycles. The number of nitro groups is 1. The van der Waals surface area contributed by atoms with Crippen molar-refractivity contribution in [3.63, 3.8) is 0 Å². The van der Waals surface area contributed by atoms with Gasteiger partial charge >= 0.3 is 30.5 Å². The second-order valence-electron chi connectivity index (χ2n) is 23.1. The van der Waals surface area contributed by atoms with Crippen molar-refractivity contribution in [2.24, 2.45) is 0 Å². The summed E-state index contributed by atoms with van der Waals surface area (Å²) in [5.74, 6) is -1.74. The topological polar surface area (TPSA) is 319 Å². The van der Waals surface area contributed by atoms with Gasteiger partial charge in [-0.05, 0) is 93.7 Å². The number of amides is 8. The Bertz CT molecular complexity index is 2750. The summed E-state index contributed by atoms with van der Waals surface area (Å²) in [7, 11) is 0. The number of hydrogen-bond acceptors (Lipinski definition) is 21. The first-order valence-electron chi connectivity index (χ1n) is 27.2. The lowest BCUT2D eigenvalue weighted by Crippen LogP contribution is -2.51.